The summed E-state index contributed by atoms with van der Waals surface area (Å²) in [6, 6.07) is 84.3. The van der Waals surface area contributed by atoms with Crippen molar-refractivity contribution in [3.8, 4) is 21.1 Å². The Labute approximate surface area is 430 Å². The number of nitrogens with zero attached hydrogens (tertiary/aromatic N) is 4. The van der Waals surface area contributed by atoms with Crippen molar-refractivity contribution in [2.24, 2.45) is 0 Å². The monoisotopic (exact) mass is 990 g/mol. The first-order chi connectivity index (χ1) is 35.6. The highest BCUT2D eigenvalue weighted by Crippen LogP contribution is 2.45. The minimum atomic E-state index is 1.03. The Morgan fingerprint density at radius 2 is 0.597 bits per heavy atom. The van der Waals surface area contributed by atoms with Crippen molar-refractivity contribution in [3.63, 3.8) is 0 Å². The van der Waals surface area contributed by atoms with E-state index in [2.05, 4.69) is 240 Å². The fourth-order valence-electron chi connectivity index (χ4n) is 10.4. The second-order valence-corrected chi connectivity index (χ2v) is 22.4. The van der Waals surface area contributed by atoms with Gasteiger partial charge in [-0.1, -0.05) is 97.1 Å². The summed E-state index contributed by atoms with van der Waals surface area (Å²) in [7, 11) is 0. The number of fused-ring (bicyclic) bond motifs is 11. The van der Waals surface area contributed by atoms with Crippen molar-refractivity contribution in [1.82, 2.24) is 9.97 Å². The van der Waals surface area contributed by atoms with Gasteiger partial charge in [0.15, 0.2) is 0 Å². The molecule has 0 saturated heterocycles. The number of anilines is 6. The van der Waals surface area contributed by atoms with Crippen molar-refractivity contribution in [2.45, 2.75) is 0 Å². The molecule has 0 aliphatic rings. The highest BCUT2D eigenvalue weighted by atomic mass is 32.1. The fraction of sp³-hybridized carbons (Fsp3) is 0. The summed E-state index contributed by atoms with van der Waals surface area (Å²) in [5, 5.41) is 12.0. The van der Waals surface area contributed by atoms with Crippen LogP contribution in [0.2, 0.25) is 0 Å². The lowest BCUT2D eigenvalue weighted by atomic mass is 9.99. The lowest BCUT2D eigenvalue weighted by Gasteiger charge is -2.27. The molecule has 0 aliphatic heterocycles. The van der Waals surface area contributed by atoms with Crippen LogP contribution in [0.25, 0.3) is 103 Å². The molecular weight excluding hydrogens is 953 g/mol. The molecule has 338 valence electrons. The van der Waals surface area contributed by atoms with E-state index in [0.29, 0.717) is 0 Å². The first-order valence-electron chi connectivity index (χ1n) is 23.9. The maximum Gasteiger partial charge on any atom is 0.124 e. The van der Waals surface area contributed by atoms with Gasteiger partial charge >= 0.3 is 0 Å². The van der Waals surface area contributed by atoms with E-state index in [0.717, 1.165) is 66.3 Å². The van der Waals surface area contributed by atoms with Crippen LogP contribution in [-0.2, 0) is 0 Å². The van der Waals surface area contributed by atoms with Crippen molar-refractivity contribution in [3.05, 3.63) is 231 Å². The maximum absolute atomic E-state index is 4.97. The van der Waals surface area contributed by atoms with E-state index >= 15 is 0 Å². The first kappa shape index (κ1) is 41.5. The molecule has 0 atom stereocenters. The molecule has 0 saturated carbocycles. The Hall–Kier alpha value is -8.24. The molecule has 0 bridgehead atoms. The van der Waals surface area contributed by atoms with Crippen molar-refractivity contribution >= 4 is 162 Å². The van der Waals surface area contributed by atoms with E-state index in [9.17, 15) is 0 Å². The largest absolute Gasteiger partial charge is 0.310 e. The summed E-state index contributed by atoms with van der Waals surface area (Å²) in [4.78, 5) is 14.7. The lowest BCUT2D eigenvalue weighted by molar-refractivity contribution is 1.29. The van der Waals surface area contributed by atoms with E-state index in [1.807, 2.05) is 22.7 Å². The van der Waals surface area contributed by atoms with Gasteiger partial charge in [-0.2, -0.15) is 0 Å². The zero-order valence-corrected chi connectivity index (χ0v) is 41.6. The third-order valence-electron chi connectivity index (χ3n) is 13.9. The number of aromatic nitrogens is 2. The minimum absolute atomic E-state index is 1.03. The first-order valence-corrected chi connectivity index (χ1v) is 27.2. The zero-order valence-electron chi connectivity index (χ0n) is 38.4. The molecule has 0 unspecified atom stereocenters. The Morgan fingerprint density at radius 1 is 0.250 bits per heavy atom. The molecule has 0 amide bonds. The van der Waals surface area contributed by atoms with Crippen LogP contribution in [0.4, 0.5) is 34.1 Å². The molecule has 0 aliphatic carbocycles. The summed E-state index contributed by atoms with van der Waals surface area (Å²) < 4.78 is 7.54. The van der Waals surface area contributed by atoms with E-state index < -0.39 is 0 Å². The van der Waals surface area contributed by atoms with Crippen molar-refractivity contribution in [1.29, 1.82) is 0 Å². The van der Waals surface area contributed by atoms with Gasteiger partial charge in [-0.05, 0) is 155 Å². The fourth-order valence-corrected chi connectivity index (χ4v) is 14.6. The second kappa shape index (κ2) is 16.7. The lowest BCUT2D eigenvalue weighted by Crippen LogP contribution is -2.10. The van der Waals surface area contributed by atoms with Gasteiger partial charge in [0.1, 0.15) is 10.0 Å². The summed E-state index contributed by atoms with van der Waals surface area (Å²) in [5.74, 6) is 0. The van der Waals surface area contributed by atoms with Crippen LogP contribution >= 0.6 is 45.3 Å². The van der Waals surface area contributed by atoms with Gasteiger partial charge < -0.3 is 9.80 Å². The molecule has 0 fully saturated rings. The Kier molecular flexibility index (Phi) is 9.63. The van der Waals surface area contributed by atoms with E-state index in [1.54, 1.807) is 22.7 Å². The number of benzene rings is 11. The maximum atomic E-state index is 4.97. The van der Waals surface area contributed by atoms with Gasteiger partial charge in [-0.15, -0.1) is 45.3 Å². The van der Waals surface area contributed by atoms with Crippen molar-refractivity contribution < 1.29 is 0 Å². The predicted molar refractivity (Wildman–Crippen MR) is 314 cm³/mol. The van der Waals surface area contributed by atoms with E-state index in [-0.39, 0.29) is 0 Å². The minimum Gasteiger partial charge on any atom is -0.310 e. The van der Waals surface area contributed by atoms with Gasteiger partial charge in [0.25, 0.3) is 0 Å². The molecule has 4 aromatic heterocycles. The molecule has 72 heavy (non-hydrogen) atoms. The van der Waals surface area contributed by atoms with Gasteiger partial charge in [-0.3, -0.25) is 0 Å². The predicted octanol–water partition coefficient (Wildman–Crippen LogP) is 20.2. The third kappa shape index (κ3) is 6.98. The number of thiophene rings is 2. The van der Waals surface area contributed by atoms with E-state index in [4.69, 9.17) is 9.97 Å². The number of rotatable bonds is 8. The Morgan fingerprint density at radius 3 is 1.03 bits per heavy atom. The number of hydrogen-bond donors (Lipinski definition) is 0. The standard InChI is InChI=1S/C64H38N4S4/c1-5-13-57-51(9-1)53-33-29-47(37-61(53)69-57)67(43-23-19-39(20-24-43)63-65-55-11-3-7-15-59(55)71-63)45-27-31-49-41(35-45)17-18-42-36-46(28-32-50(42)49)68(48-30-34-54-52-10-2-6-14-58(52)70-62(54)38-48)44-25-21-40(22-26-44)64-66-56-12-4-8-16-60(56)72-64/h1-38H. The number of thiazole rings is 2. The molecule has 0 N–H and O–H groups in total. The van der Waals surface area contributed by atoms with Crippen LogP contribution in [0.1, 0.15) is 0 Å². The Bertz CT molecular complexity index is 4240. The molecule has 11 aromatic carbocycles. The summed E-state index contributed by atoms with van der Waals surface area (Å²) in [6.07, 6.45) is 0. The average Bonchev–Trinajstić information content (AvgIpc) is 4.24. The topological polar surface area (TPSA) is 32.3 Å². The van der Waals surface area contributed by atoms with Crippen LogP contribution in [0.15, 0.2) is 231 Å². The molecule has 8 heteroatoms. The van der Waals surface area contributed by atoms with Crippen LogP contribution in [0.5, 0.6) is 0 Å². The highest BCUT2D eigenvalue weighted by Gasteiger charge is 2.20. The highest BCUT2D eigenvalue weighted by molar-refractivity contribution is 7.26. The van der Waals surface area contributed by atoms with Crippen LogP contribution in [0.3, 0.4) is 0 Å². The number of hydrogen-bond acceptors (Lipinski definition) is 8. The van der Waals surface area contributed by atoms with Gasteiger partial charge in [-0.25, -0.2) is 9.97 Å². The molecule has 0 radical (unpaired) electrons. The van der Waals surface area contributed by atoms with Gasteiger partial charge in [0, 0.05) is 85.6 Å². The van der Waals surface area contributed by atoms with Gasteiger partial charge in [0.05, 0.1) is 20.4 Å². The molecule has 15 aromatic rings. The van der Waals surface area contributed by atoms with E-state index in [1.165, 1.54) is 71.3 Å². The molecule has 0 spiro atoms. The summed E-state index contributed by atoms with van der Waals surface area (Å²) in [6.45, 7) is 0. The molecule has 4 heterocycles. The average molecular weight is 991 g/mol. The Balaban J connectivity index is 0.828. The van der Waals surface area contributed by atoms with Crippen LogP contribution < -0.4 is 9.80 Å². The van der Waals surface area contributed by atoms with Crippen molar-refractivity contribution in [2.75, 3.05) is 9.80 Å². The summed E-state index contributed by atoms with van der Waals surface area (Å²) in [5.41, 5.74) is 10.9. The normalized spacial score (nSPS) is 11.9. The molecule has 15 rings (SSSR count). The third-order valence-corrected chi connectivity index (χ3v) is 18.3. The number of para-hydroxylation sites is 2. The zero-order chi connectivity index (χ0) is 47.3. The second-order valence-electron chi connectivity index (χ2n) is 18.2. The smallest absolute Gasteiger partial charge is 0.124 e. The molecule has 4 nitrogen and oxygen atoms in total. The quantitative estimate of drug-likeness (QED) is 0.142. The SMILES string of the molecule is c1ccc2sc(-c3ccc(N(c4ccc5c(ccc6cc(N(c7ccc(-c8nc9ccccc9s8)cc7)c7ccc8c(c7)sc7ccccc78)ccc65)c4)c4ccc5c(c4)sc4ccccc45)cc3)nc2c1. The van der Waals surface area contributed by atoms with Crippen LogP contribution in [0, 0.1) is 0 Å². The summed E-state index contributed by atoms with van der Waals surface area (Å²) >= 11 is 7.18. The van der Waals surface area contributed by atoms with Crippen LogP contribution in [-0.4, -0.2) is 9.97 Å². The van der Waals surface area contributed by atoms with Gasteiger partial charge in [0.2, 0.25) is 0 Å². The molecular formula is C64H38N4S4.